The summed E-state index contributed by atoms with van der Waals surface area (Å²) in [4.78, 5) is 14.7. The first-order valence-electron chi connectivity index (χ1n) is 11.4. The predicted octanol–water partition coefficient (Wildman–Crippen LogP) is 3.51. The Bertz CT molecular complexity index is 1070. The number of benzene rings is 2. The minimum absolute atomic E-state index is 0.0872. The quantitative estimate of drug-likeness (QED) is 0.409. The highest BCUT2D eigenvalue weighted by atomic mass is 32.2. The first-order valence-corrected chi connectivity index (χ1v) is 12.3. The van der Waals surface area contributed by atoms with E-state index in [2.05, 4.69) is 22.3 Å². The van der Waals surface area contributed by atoms with E-state index in [1.807, 2.05) is 58.9 Å². The zero-order valence-electron chi connectivity index (χ0n) is 19.6. The Labute approximate surface area is 204 Å². The van der Waals surface area contributed by atoms with Crippen LogP contribution in [0, 0.1) is 0 Å². The Hall–Kier alpha value is -2.88. The van der Waals surface area contributed by atoms with Crippen molar-refractivity contribution in [3.05, 3.63) is 60.4 Å². The van der Waals surface area contributed by atoms with Crippen LogP contribution >= 0.6 is 11.8 Å². The van der Waals surface area contributed by atoms with Gasteiger partial charge in [0.05, 0.1) is 25.1 Å². The third-order valence-corrected chi connectivity index (χ3v) is 6.66. The predicted molar refractivity (Wildman–Crippen MR) is 131 cm³/mol. The van der Waals surface area contributed by atoms with Gasteiger partial charge in [0.25, 0.3) is 0 Å². The molecule has 2 aromatic carbocycles. The smallest absolute Gasteiger partial charge is 0.236 e. The summed E-state index contributed by atoms with van der Waals surface area (Å²) in [7, 11) is 1.66. The fourth-order valence-electron chi connectivity index (χ4n) is 3.76. The van der Waals surface area contributed by atoms with Gasteiger partial charge in [0.1, 0.15) is 12.4 Å². The molecule has 1 aromatic heterocycles. The zero-order chi connectivity index (χ0) is 23.8. The zero-order valence-corrected chi connectivity index (χ0v) is 20.4. The minimum Gasteiger partial charge on any atom is -0.485 e. The average Bonchev–Trinajstić information content (AvgIpc) is 3.27. The second-order valence-corrected chi connectivity index (χ2v) is 9.20. The van der Waals surface area contributed by atoms with Gasteiger partial charge in [-0.25, -0.2) is 0 Å². The fraction of sp³-hybridized carbons (Fsp3) is 0.400. The fourth-order valence-corrected chi connectivity index (χ4v) is 4.74. The monoisotopic (exact) mass is 482 g/mol. The lowest BCUT2D eigenvalue weighted by molar-refractivity contribution is -0.134. The van der Waals surface area contributed by atoms with E-state index in [0.29, 0.717) is 50.4 Å². The van der Waals surface area contributed by atoms with Gasteiger partial charge in [0.2, 0.25) is 5.91 Å². The molecule has 1 fully saturated rings. The van der Waals surface area contributed by atoms with Gasteiger partial charge in [-0.3, -0.25) is 4.79 Å². The Morgan fingerprint density at radius 3 is 2.59 bits per heavy atom. The maximum absolute atomic E-state index is 12.9. The topological polar surface area (TPSA) is 78.7 Å². The first kappa shape index (κ1) is 24.3. The van der Waals surface area contributed by atoms with Crippen molar-refractivity contribution in [1.29, 1.82) is 0 Å². The maximum Gasteiger partial charge on any atom is 0.236 e. The van der Waals surface area contributed by atoms with Gasteiger partial charge in [-0.05, 0) is 18.6 Å². The largest absolute Gasteiger partial charge is 0.485 e. The van der Waals surface area contributed by atoms with E-state index in [4.69, 9.17) is 14.2 Å². The van der Waals surface area contributed by atoms with Crippen LogP contribution in [0.3, 0.4) is 0 Å². The molecule has 34 heavy (non-hydrogen) atoms. The van der Waals surface area contributed by atoms with E-state index in [0.717, 1.165) is 16.9 Å². The summed E-state index contributed by atoms with van der Waals surface area (Å²) < 4.78 is 18.8. The summed E-state index contributed by atoms with van der Waals surface area (Å²) in [6.07, 6.45) is 0. The number of hydrogen-bond acceptors (Lipinski definition) is 7. The number of morpholine rings is 1. The van der Waals surface area contributed by atoms with E-state index in [1.165, 1.54) is 11.8 Å². The molecule has 0 radical (unpaired) electrons. The van der Waals surface area contributed by atoms with Crippen molar-refractivity contribution >= 4 is 17.7 Å². The number of para-hydroxylation sites is 1. The van der Waals surface area contributed by atoms with Gasteiger partial charge in [-0.15, -0.1) is 10.2 Å². The standard InChI is InChI=1S/C25H30N4O4S/c1-19(24(30)28-12-16-32-17-13-28)34-25-27-26-23(29(25)14-15-31-2)18-33-22-11-7-6-10-21(22)20-8-4-3-5-9-20/h3-11,19H,12-18H2,1-2H3. The van der Waals surface area contributed by atoms with Crippen LogP contribution < -0.4 is 4.74 Å². The van der Waals surface area contributed by atoms with E-state index in [1.54, 1.807) is 7.11 Å². The van der Waals surface area contributed by atoms with E-state index in [9.17, 15) is 4.79 Å². The van der Waals surface area contributed by atoms with E-state index < -0.39 is 0 Å². The molecule has 8 nitrogen and oxygen atoms in total. The summed E-state index contributed by atoms with van der Waals surface area (Å²) in [5, 5.41) is 9.15. The van der Waals surface area contributed by atoms with Crippen LogP contribution in [0.25, 0.3) is 11.1 Å². The van der Waals surface area contributed by atoms with Crippen LogP contribution in [0.1, 0.15) is 12.7 Å². The van der Waals surface area contributed by atoms with Gasteiger partial charge >= 0.3 is 0 Å². The molecule has 0 N–H and O–H groups in total. The Morgan fingerprint density at radius 1 is 1.09 bits per heavy atom. The van der Waals surface area contributed by atoms with Crippen molar-refractivity contribution in [3.8, 4) is 16.9 Å². The number of carbonyl (C=O) groups excluding carboxylic acids is 1. The number of ether oxygens (including phenoxy) is 3. The molecule has 1 amide bonds. The van der Waals surface area contributed by atoms with E-state index in [-0.39, 0.29) is 17.8 Å². The molecule has 1 saturated heterocycles. The molecule has 0 spiro atoms. The number of nitrogens with zero attached hydrogens (tertiary/aromatic N) is 4. The van der Waals surface area contributed by atoms with Gasteiger partial charge in [0, 0.05) is 32.3 Å². The molecule has 9 heteroatoms. The SMILES string of the molecule is COCCn1c(COc2ccccc2-c2ccccc2)nnc1SC(C)C(=O)N1CCOCC1. The maximum atomic E-state index is 12.9. The Kier molecular flexibility index (Phi) is 8.56. The van der Waals surface area contributed by atoms with Gasteiger partial charge < -0.3 is 23.7 Å². The third-order valence-electron chi connectivity index (χ3n) is 5.59. The molecule has 4 rings (SSSR count). The molecule has 1 aliphatic rings. The first-order chi connectivity index (χ1) is 16.7. The van der Waals surface area contributed by atoms with Gasteiger partial charge in [-0.1, -0.05) is 60.3 Å². The Morgan fingerprint density at radius 2 is 1.82 bits per heavy atom. The Balaban J connectivity index is 1.48. The minimum atomic E-state index is -0.281. The van der Waals surface area contributed by atoms with Crippen LogP contribution in [0.2, 0.25) is 0 Å². The lowest BCUT2D eigenvalue weighted by atomic mass is 10.1. The molecule has 0 saturated carbocycles. The summed E-state index contributed by atoms with van der Waals surface area (Å²) in [5.74, 6) is 1.55. The number of aromatic nitrogens is 3. The molecular formula is C25H30N4O4S. The second kappa shape index (κ2) is 12.0. The number of carbonyl (C=O) groups is 1. The number of amides is 1. The van der Waals surface area contributed by atoms with Crippen LogP contribution in [0.4, 0.5) is 0 Å². The highest BCUT2D eigenvalue weighted by Crippen LogP contribution is 2.30. The molecular weight excluding hydrogens is 452 g/mol. The third kappa shape index (κ3) is 5.97. The highest BCUT2D eigenvalue weighted by Gasteiger charge is 2.26. The average molecular weight is 483 g/mol. The molecule has 1 unspecified atom stereocenters. The van der Waals surface area contributed by atoms with Crippen LogP contribution in [0.15, 0.2) is 59.8 Å². The molecule has 2 heterocycles. The van der Waals surface area contributed by atoms with Crippen molar-refractivity contribution in [2.24, 2.45) is 0 Å². The molecule has 180 valence electrons. The molecule has 0 aliphatic carbocycles. The molecule has 3 aromatic rings. The van der Waals surface area contributed by atoms with Crippen LogP contribution in [-0.2, 0) is 27.4 Å². The van der Waals surface area contributed by atoms with Crippen LogP contribution in [-0.4, -0.2) is 70.8 Å². The van der Waals surface area contributed by atoms with Crippen LogP contribution in [0.5, 0.6) is 5.75 Å². The summed E-state index contributed by atoms with van der Waals surface area (Å²) in [5.41, 5.74) is 2.11. The number of hydrogen-bond donors (Lipinski definition) is 0. The summed E-state index contributed by atoms with van der Waals surface area (Å²) in [6.45, 7) is 5.66. The van der Waals surface area contributed by atoms with Gasteiger partial charge in [-0.2, -0.15) is 0 Å². The molecule has 0 bridgehead atoms. The van der Waals surface area contributed by atoms with Crippen molar-refractivity contribution in [1.82, 2.24) is 19.7 Å². The lowest BCUT2D eigenvalue weighted by Crippen LogP contribution is -2.44. The van der Waals surface area contributed by atoms with Crippen molar-refractivity contribution in [3.63, 3.8) is 0 Å². The molecule has 1 aliphatic heterocycles. The molecule has 1 atom stereocenters. The summed E-state index contributed by atoms with van der Waals surface area (Å²) in [6, 6.07) is 18.1. The summed E-state index contributed by atoms with van der Waals surface area (Å²) >= 11 is 1.41. The normalized spacial score (nSPS) is 14.7. The number of methoxy groups -OCH3 is 1. The number of rotatable bonds is 10. The van der Waals surface area contributed by atoms with Gasteiger partial charge in [0.15, 0.2) is 11.0 Å². The van der Waals surface area contributed by atoms with Crippen molar-refractivity contribution < 1.29 is 19.0 Å². The van der Waals surface area contributed by atoms with Crippen molar-refractivity contribution in [2.75, 3.05) is 40.0 Å². The second-order valence-electron chi connectivity index (χ2n) is 7.89. The highest BCUT2D eigenvalue weighted by molar-refractivity contribution is 8.00. The lowest BCUT2D eigenvalue weighted by Gasteiger charge is -2.28. The van der Waals surface area contributed by atoms with E-state index >= 15 is 0 Å². The number of thioether (sulfide) groups is 1. The van der Waals surface area contributed by atoms with Crippen molar-refractivity contribution in [2.45, 2.75) is 30.5 Å².